The number of nitro benzene ring substituents is 1. The molecule has 1 saturated heterocycles. The number of anilines is 1. The highest BCUT2D eigenvalue weighted by atomic mass is 16.6. The van der Waals surface area contributed by atoms with Crippen LogP contribution in [0.15, 0.2) is 60.9 Å². The minimum atomic E-state index is -0.485. The molecule has 160 valence electrons. The van der Waals surface area contributed by atoms with E-state index in [-0.39, 0.29) is 11.6 Å². The maximum atomic E-state index is 12.9. The molecule has 31 heavy (non-hydrogen) atoms. The Labute approximate surface area is 179 Å². The van der Waals surface area contributed by atoms with Gasteiger partial charge < -0.3 is 15.0 Å². The van der Waals surface area contributed by atoms with Crippen LogP contribution in [0.5, 0.6) is 0 Å². The van der Waals surface area contributed by atoms with Crippen molar-refractivity contribution in [1.82, 2.24) is 15.1 Å². The van der Waals surface area contributed by atoms with E-state index in [0.29, 0.717) is 50.5 Å². The maximum absolute atomic E-state index is 12.9. The van der Waals surface area contributed by atoms with Crippen molar-refractivity contribution >= 4 is 17.3 Å². The number of morpholine rings is 1. The molecule has 0 saturated carbocycles. The van der Waals surface area contributed by atoms with E-state index in [0.717, 1.165) is 11.3 Å². The first-order valence-electron chi connectivity index (χ1n) is 10.1. The number of benzene rings is 2. The Morgan fingerprint density at radius 1 is 1.16 bits per heavy atom. The maximum Gasteiger partial charge on any atom is 0.270 e. The largest absolute Gasteiger partial charge is 0.378 e. The van der Waals surface area contributed by atoms with Crippen LogP contribution in [0, 0.1) is 10.1 Å². The minimum Gasteiger partial charge on any atom is -0.378 e. The van der Waals surface area contributed by atoms with Gasteiger partial charge >= 0.3 is 0 Å². The van der Waals surface area contributed by atoms with Gasteiger partial charge in [0.15, 0.2) is 0 Å². The van der Waals surface area contributed by atoms with Crippen LogP contribution in [0.4, 0.5) is 11.4 Å². The van der Waals surface area contributed by atoms with Gasteiger partial charge in [-0.1, -0.05) is 12.1 Å². The van der Waals surface area contributed by atoms with Crippen molar-refractivity contribution in [3.05, 3.63) is 82.2 Å². The number of amides is 1. The third kappa shape index (κ3) is 4.89. The van der Waals surface area contributed by atoms with E-state index in [1.807, 2.05) is 41.4 Å². The third-order valence-corrected chi connectivity index (χ3v) is 5.19. The molecule has 9 heteroatoms. The van der Waals surface area contributed by atoms with Crippen LogP contribution in [0.2, 0.25) is 0 Å². The Hall–Kier alpha value is -3.72. The molecule has 0 bridgehead atoms. The molecule has 0 unspecified atom stereocenters. The number of non-ortho nitro benzene ring substituents is 1. The Balaban J connectivity index is 1.42. The molecule has 1 aromatic heterocycles. The molecule has 2 heterocycles. The molecule has 0 aliphatic carbocycles. The van der Waals surface area contributed by atoms with Crippen molar-refractivity contribution in [2.75, 3.05) is 37.7 Å². The van der Waals surface area contributed by atoms with Crippen molar-refractivity contribution in [2.24, 2.45) is 0 Å². The average molecular weight is 421 g/mol. The summed E-state index contributed by atoms with van der Waals surface area (Å²) in [5.74, 6) is -0.321. The molecule has 3 aromatic rings. The van der Waals surface area contributed by atoms with Crippen LogP contribution < -0.4 is 10.2 Å². The lowest BCUT2D eigenvalue weighted by Gasteiger charge is -2.30. The Bertz CT molecular complexity index is 1040. The number of ether oxygens (including phenoxy) is 1. The molecule has 1 amide bonds. The molecule has 1 fully saturated rings. The molecule has 0 radical (unpaired) electrons. The molecule has 4 rings (SSSR count). The monoisotopic (exact) mass is 421 g/mol. The number of nitrogens with zero attached hydrogens (tertiary/aromatic N) is 4. The highest BCUT2D eigenvalue weighted by Gasteiger charge is 2.21. The van der Waals surface area contributed by atoms with Crippen molar-refractivity contribution in [1.29, 1.82) is 0 Å². The summed E-state index contributed by atoms with van der Waals surface area (Å²) >= 11 is 0. The number of rotatable bonds is 7. The van der Waals surface area contributed by atoms with Gasteiger partial charge in [-0.05, 0) is 36.2 Å². The molecular weight excluding hydrogens is 398 g/mol. The Morgan fingerprint density at radius 3 is 2.61 bits per heavy atom. The van der Waals surface area contributed by atoms with Gasteiger partial charge in [-0.3, -0.25) is 14.9 Å². The van der Waals surface area contributed by atoms with Gasteiger partial charge in [-0.25, -0.2) is 4.68 Å². The quantitative estimate of drug-likeness (QED) is 0.465. The van der Waals surface area contributed by atoms with Gasteiger partial charge in [0.05, 0.1) is 35.1 Å². The topological polar surface area (TPSA) is 103 Å². The van der Waals surface area contributed by atoms with Crippen molar-refractivity contribution in [3.8, 4) is 5.69 Å². The average Bonchev–Trinajstić information content (AvgIpc) is 3.34. The number of hydrogen-bond acceptors (Lipinski definition) is 6. The number of hydrogen-bond donors (Lipinski definition) is 1. The van der Waals surface area contributed by atoms with E-state index >= 15 is 0 Å². The van der Waals surface area contributed by atoms with Gasteiger partial charge in [0.1, 0.15) is 0 Å². The van der Waals surface area contributed by atoms with Crippen LogP contribution in [-0.2, 0) is 11.2 Å². The van der Waals surface area contributed by atoms with Gasteiger partial charge in [-0.15, -0.1) is 0 Å². The second kappa shape index (κ2) is 9.40. The molecule has 9 nitrogen and oxygen atoms in total. The molecule has 1 aliphatic rings. The Morgan fingerprint density at radius 2 is 1.94 bits per heavy atom. The van der Waals surface area contributed by atoms with Crippen LogP contribution in [0.25, 0.3) is 5.69 Å². The third-order valence-electron chi connectivity index (χ3n) is 5.19. The smallest absolute Gasteiger partial charge is 0.270 e. The van der Waals surface area contributed by atoms with Crippen molar-refractivity contribution < 1.29 is 14.5 Å². The van der Waals surface area contributed by atoms with Crippen LogP contribution in [-0.4, -0.2) is 53.5 Å². The van der Waals surface area contributed by atoms with Gasteiger partial charge in [0.2, 0.25) is 0 Å². The summed E-state index contributed by atoms with van der Waals surface area (Å²) in [4.78, 5) is 25.6. The second-order valence-electron chi connectivity index (χ2n) is 7.18. The zero-order valence-electron chi connectivity index (χ0n) is 16.9. The van der Waals surface area contributed by atoms with Gasteiger partial charge in [-0.2, -0.15) is 5.10 Å². The van der Waals surface area contributed by atoms with E-state index in [4.69, 9.17) is 4.74 Å². The summed E-state index contributed by atoms with van der Waals surface area (Å²) in [6.45, 7) is 2.83. The van der Waals surface area contributed by atoms with Crippen LogP contribution >= 0.6 is 0 Å². The fraction of sp³-hybridized carbons (Fsp3) is 0.273. The van der Waals surface area contributed by atoms with E-state index < -0.39 is 4.92 Å². The number of nitrogens with one attached hydrogen (secondary N) is 1. The zero-order chi connectivity index (χ0) is 21.6. The highest BCUT2D eigenvalue weighted by Crippen LogP contribution is 2.26. The molecule has 0 atom stereocenters. The molecular formula is C22H23N5O4. The first kappa shape index (κ1) is 20.5. The second-order valence-corrected chi connectivity index (χ2v) is 7.18. The zero-order valence-corrected chi connectivity index (χ0v) is 16.9. The number of aromatic nitrogens is 2. The number of carbonyl (C=O) groups excluding carboxylic acids is 1. The SMILES string of the molecule is O=C(NCCc1ccc(-n2cccn2)cc1)c1cc([N+](=O)[O-])ccc1N1CCOCC1. The summed E-state index contributed by atoms with van der Waals surface area (Å²) in [5.41, 5.74) is 2.93. The number of carbonyl (C=O) groups is 1. The van der Waals surface area contributed by atoms with Crippen LogP contribution in [0.1, 0.15) is 15.9 Å². The summed E-state index contributed by atoms with van der Waals surface area (Å²) < 4.78 is 7.15. The van der Waals surface area contributed by atoms with E-state index in [9.17, 15) is 14.9 Å². The lowest BCUT2D eigenvalue weighted by molar-refractivity contribution is -0.384. The standard InChI is InChI=1S/C22H23N5O4/c28-22(23-10-8-17-2-4-18(5-3-17)26-11-1-9-24-26)20-16-19(27(29)30)6-7-21(20)25-12-14-31-15-13-25/h1-7,9,11,16H,8,10,12-15H2,(H,23,28). The van der Waals surface area contributed by atoms with E-state index in [2.05, 4.69) is 10.4 Å². The fourth-order valence-electron chi connectivity index (χ4n) is 3.55. The lowest BCUT2D eigenvalue weighted by Crippen LogP contribution is -2.38. The summed E-state index contributed by atoms with van der Waals surface area (Å²) in [5, 5.41) is 18.3. The van der Waals surface area contributed by atoms with Crippen molar-refractivity contribution in [3.63, 3.8) is 0 Å². The number of nitro groups is 1. The lowest BCUT2D eigenvalue weighted by atomic mass is 10.1. The summed E-state index contributed by atoms with van der Waals surface area (Å²) in [6, 6.07) is 14.2. The fourth-order valence-corrected chi connectivity index (χ4v) is 3.55. The molecule has 2 aromatic carbocycles. The van der Waals surface area contributed by atoms with Crippen LogP contribution in [0.3, 0.4) is 0 Å². The van der Waals surface area contributed by atoms with Gasteiger partial charge in [0.25, 0.3) is 11.6 Å². The van der Waals surface area contributed by atoms with E-state index in [1.54, 1.807) is 16.9 Å². The predicted molar refractivity (Wildman–Crippen MR) is 116 cm³/mol. The first-order chi connectivity index (χ1) is 15.1. The minimum absolute atomic E-state index is 0.101. The molecule has 1 aliphatic heterocycles. The van der Waals surface area contributed by atoms with Gasteiger partial charge in [0, 0.05) is 44.2 Å². The summed E-state index contributed by atoms with van der Waals surface area (Å²) in [7, 11) is 0. The summed E-state index contributed by atoms with van der Waals surface area (Å²) in [6.07, 6.45) is 4.25. The van der Waals surface area contributed by atoms with Crippen molar-refractivity contribution in [2.45, 2.75) is 6.42 Å². The molecule has 0 spiro atoms. The normalized spacial score (nSPS) is 13.7. The predicted octanol–water partition coefficient (Wildman–Crippen LogP) is 2.59. The molecule has 1 N–H and O–H groups in total. The highest BCUT2D eigenvalue weighted by molar-refractivity contribution is 6.00. The van der Waals surface area contributed by atoms with E-state index in [1.165, 1.54) is 12.1 Å². The Kier molecular flexibility index (Phi) is 6.23. The first-order valence-corrected chi connectivity index (χ1v) is 10.1.